The predicted molar refractivity (Wildman–Crippen MR) is 155 cm³/mol. The molecule has 0 saturated heterocycles. The van der Waals surface area contributed by atoms with Crippen LogP contribution in [0.3, 0.4) is 0 Å². The molecule has 0 spiro atoms. The van der Waals surface area contributed by atoms with Crippen molar-refractivity contribution in [2.24, 2.45) is 0 Å². The molecule has 0 amide bonds. The molecule has 2 atom stereocenters. The Labute approximate surface area is 223 Å². The van der Waals surface area contributed by atoms with Gasteiger partial charge in [0.05, 0.1) is 5.92 Å². The molecular weight excluding hydrogens is 464 g/mol. The second-order valence-electron chi connectivity index (χ2n) is 10.1. The Hall–Kier alpha value is -4.56. The van der Waals surface area contributed by atoms with E-state index in [9.17, 15) is 0 Å². The van der Waals surface area contributed by atoms with Crippen molar-refractivity contribution in [1.29, 1.82) is 0 Å². The molecule has 6 aromatic rings. The molecule has 2 heterocycles. The van der Waals surface area contributed by atoms with Gasteiger partial charge in [-0.3, -0.25) is 0 Å². The number of fused-ring (bicyclic) bond motifs is 2. The van der Waals surface area contributed by atoms with Crippen LogP contribution < -0.4 is 4.74 Å². The van der Waals surface area contributed by atoms with Gasteiger partial charge in [-0.15, -0.1) is 0 Å². The molecule has 2 nitrogen and oxygen atoms in total. The highest BCUT2D eigenvalue weighted by Gasteiger charge is 2.41. The van der Waals surface area contributed by atoms with Crippen molar-refractivity contribution >= 4 is 11.0 Å². The highest BCUT2D eigenvalue weighted by molar-refractivity contribution is 6.06. The molecule has 184 valence electrons. The highest BCUT2D eigenvalue weighted by Crippen LogP contribution is 2.56. The number of hydrogen-bond donors (Lipinski definition) is 0. The number of hydrogen-bond acceptors (Lipinski definition) is 2. The van der Waals surface area contributed by atoms with Crippen LogP contribution in [0.15, 0.2) is 126 Å². The fourth-order valence-electron chi connectivity index (χ4n) is 6.11. The Morgan fingerprint density at radius 3 is 1.68 bits per heavy atom. The Morgan fingerprint density at radius 2 is 1.08 bits per heavy atom. The molecule has 0 fully saturated rings. The van der Waals surface area contributed by atoms with Crippen molar-refractivity contribution in [3.63, 3.8) is 0 Å². The molecule has 1 aromatic heterocycles. The van der Waals surface area contributed by atoms with Crippen LogP contribution in [0.2, 0.25) is 0 Å². The van der Waals surface area contributed by atoms with Gasteiger partial charge in [0.25, 0.3) is 0 Å². The number of rotatable bonds is 4. The maximum Gasteiger partial charge on any atom is 0.143 e. The summed E-state index contributed by atoms with van der Waals surface area (Å²) in [5.74, 6) is 1.95. The van der Waals surface area contributed by atoms with Crippen LogP contribution in [0.4, 0.5) is 0 Å². The van der Waals surface area contributed by atoms with Crippen molar-refractivity contribution in [3.05, 3.63) is 149 Å². The fourth-order valence-corrected chi connectivity index (χ4v) is 6.11. The van der Waals surface area contributed by atoms with Gasteiger partial charge < -0.3 is 9.15 Å². The van der Waals surface area contributed by atoms with Crippen LogP contribution in [-0.2, 0) is 0 Å². The molecule has 0 radical (unpaired) electrons. The van der Waals surface area contributed by atoms with Crippen molar-refractivity contribution in [1.82, 2.24) is 0 Å². The molecule has 2 heteroatoms. The maximum absolute atomic E-state index is 6.94. The summed E-state index contributed by atoms with van der Waals surface area (Å²) >= 11 is 0. The quantitative estimate of drug-likeness (QED) is 0.244. The van der Waals surface area contributed by atoms with E-state index < -0.39 is 0 Å². The van der Waals surface area contributed by atoms with Crippen LogP contribution in [0, 0.1) is 13.8 Å². The van der Waals surface area contributed by atoms with Crippen LogP contribution >= 0.6 is 0 Å². The average molecular weight is 493 g/mol. The Kier molecular flexibility index (Phi) is 5.40. The van der Waals surface area contributed by atoms with E-state index in [-0.39, 0.29) is 12.0 Å². The smallest absolute Gasteiger partial charge is 0.143 e. The minimum atomic E-state index is -0.105. The molecule has 38 heavy (non-hydrogen) atoms. The van der Waals surface area contributed by atoms with Gasteiger partial charge in [0.15, 0.2) is 0 Å². The molecule has 1 aliphatic heterocycles. The third kappa shape index (κ3) is 3.48. The fraction of sp³-hybridized carbons (Fsp3) is 0.111. The van der Waals surface area contributed by atoms with E-state index in [2.05, 4.69) is 129 Å². The van der Waals surface area contributed by atoms with Gasteiger partial charge in [-0.05, 0) is 30.5 Å². The van der Waals surface area contributed by atoms with E-state index in [4.69, 9.17) is 9.15 Å². The summed E-state index contributed by atoms with van der Waals surface area (Å²) in [6.45, 7) is 4.38. The van der Waals surface area contributed by atoms with Gasteiger partial charge in [-0.2, -0.15) is 0 Å². The molecule has 0 aliphatic carbocycles. The SMILES string of the molecule is Cc1c2c(c(C)c3c(-c4ccccc4)c(-c4ccccc4)oc13)OC(c1ccccc1)C2c1ccccc1. The first-order chi connectivity index (χ1) is 18.7. The topological polar surface area (TPSA) is 22.4 Å². The van der Waals surface area contributed by atoms with Crippen LogP contribution in [-0.4, -0.2) is 0 Å². The van der Waals surface area contributed by atoms with Crippen molar-refractivity contribution in [2.45, 2.75) is 25.9 Å². The second-order valence-corrected chi connectivity index (χ2v) is 10.1. The number of furan rings is 1. The molecule has 0 bridgehead atoms. The number of benzene rings is 5. The summed E-state index contributed by atoms with van der Waals surface area (Å²) in [7, 11) is 0. The molecule has 5 aromatic carbocycles. The lowest BCUT2D eigenvalue weighted by molar-refractivity contribution is 0.221. The summed E-state index contributed by atoms with van der Waals surface area (Å²) in [4.78, 5) is 0. The van der Waals surface area contributed by atoms with Crippen molar-refractivity contribution < 1.29 is 9.15 Å². The zero-order valence-electron chi connectivity index (χ0n) is 21.5. The Morgan fingerprint density at radius 1 is 0.553 bits per heavy atom. The van der Waals surface area contributed by atoms with Gasteiger partial charge in [0, 0.05) is 33.2 Å². The lowest BCUT2D eigenvalue weighted by Gasteiger charge is -2.20. The molecule has 1 aliphatic rings. The first-order valence-corrected chi connectivity index (χ1v) is 13.2. The zero-order chi connectivity index (χ0) is 25.6. The van der Waals surface area contributed by atoms with Crippen LogP contribution in [0.5, 0.6) is 5.75 Å². The van der Waals surface area contributed by atoms with Gasteiger partial charge in [0.2, 0.25) is 0 Å². The van der Waals surface area contributed by atoms with Gasteiger partial charge in [-0.25, -0.2) is 0 Å². The monoisotopic (exact) mass is 492 g/mol. The predicted octanol–water partition coefficient (Wildman–Crippen LogP) is 9.65. The summed E-state index contributed by atoms with van der Waals surface area (Å²) in [6.07, 6.45) is -0.105. The van der Waals surface area contributed by atoms with E-state index in [1.54, 1.807) is 0 Å². The average Bonchev–Trinajstić information content (AvgIpc) is 3.59. The van der Waals surface area contributed by atoms with E-state index in [0.29, 0.717) is 0 Å². The summed E-state index contributed by atoms with van der Waals surface area (Å²) in [5, 5.41) is 1.13. The highest BCUT2D eigenvalue weighted by atomic mass is 16.5. The largest absolute Gasteiger partial charge is 0.484 e. The lowest BCUT2D eigenvalue weighted by atomic mass is 9.82. The first kappa shape index (κ1) is 22.6. The standard InChI is InChI=1S/C36H28O2/c1-23-29-31(25-15-7-3-8-16-25)35(27-19-11-5-12-20-27)38-34(29)24(2)30-32(26-17-9-4-10-18-26)36(37-33(23)30)28-21-13-6-14-22-28/h3-22,31,35H,1-2H3. The lowest BCUT2D eigenvalue weighted by Crippen LogP contribution is -2.11. The molecule has 0 saturated carbocycles. The minimum Gasteiger partial charge on any atom is -0.484 e. The first-order valence-electron chi connectivity index (χ1n) is 13.2. The number of aryl methyl sites for hydroxylation is 2. The minimum absolute atomic E-state index is 0.0714. The third-order valence-electron chi connectivity index (χ3n) is 7.86. The molecule has 7 rings (SSSR count). The van der Waals surface area contributed by atoms with E-state index >= 15 is 0 Å². The summed E-state index contributed by atoms with van der Waals surface area (Å²) < 4.78 is 13.8. The summed E-state index contributed by atoms with van der Waals surface area (Å²) in [6, 6.07) is 42.3. The van der Waals surface area contributed by atoms with Gasteiger partial charge in [0.1, 0.15) is 23.2 Å². The number of ether oxygens (including phenoxy) is 1. The van der Waals surface area contributed by atoms with Crippen LogP contribution in [0.1, 0.15) is 39.8 Å². The Balaban J connectivity index is 1.54. The van der Waals surface area contributed by atoms with Crippen molar-refractivity contribution in [2.75, 3.05) is 0 Å². The molecule has 0 N–H and O–H groups in total. The Bertz CT molecular complexity index is 1730. The molecule has 2 unspecified atom stereocenters. The normalized spacial score (nSPS) is 16.4. The zero-order valence-corrected chi connectivity index (χ0v) is 21.5. The van der Waals surface area contributed by atoms with E-state index in [0.717, 1.165) is 50.3 Å². The van der Waals surface area contributed by atoms with Crippen LogP contribution in [0.25, 0.3) is 33.4 Å². The second kappa shape index (κ2) is 9.08. The molecular formula is C36H28O2. The third-order valence-corrected chi connectivity index (χ3v) is 7.86. The van der Waals surface area contributed by atoms with Gasteiger partial charge >= 0.3 is 0 Å². The summed E-state index contributed by atoms with van der Waals surface area (Å²) in [5.41, 5.74) is 10.2. The van der Waals surface area contributed by atoms with E-state index in [1.165, 1.54) is 16.7 Å². The van der Waals surface area contributed by atoms with Gasteiger partial charge in [-0.1, -0.05) is 121 Å². The van der Waals surface area contributed by atoms with E-state index in [1.807, 2.05) is 6.07 Å². The van der Waals surface area contributed by atoms with Crippen molar-refractivity contribution in [3.8, 4) is 28.2 Å². The maximum atomic E-state index is 6.94.